The molecule has 5 heteroatoms. The van der Waals surface area contributed by atoms with E-state index in [1.165, 1.54) is 12.1 Å². The summed E-state index contributed by atoms with van der Waals surface area (Å²) in [5.41, 5.74) is 1.74. The average molecular weight is 288 g/mol. The largest absolute Gasteiger partial charge is 0.489 e. The van der Waals surface area contributed by atoms with Crippen molar-refractivity contribution in [3.63, 3.8) is 0 Å². The maximum absolute atomic E-state index is 13.2. The highest BCUT2D eigenvalue weighted by Crippen LogP contribution is 2.26. The Balaban J connectivity index is 2.21. The van der Waals surface area contributed by atoms with Gasteiger partial charge >= 0.3 is 7.12 Å². The average Bonchev–Trinajstić information content (AvgIpc) is 2.46. The van der Waals surface area contributed by atoms with Crippen molar-refractivity contribution in [3.8, 4) is 5.75 Å². The van der Waals surface area contributed by atoms with Gasteiger partial charge in [-0.1, -0.05) is 38.1 Å². The van der Waals surface area contributed by atoms with E-state index in [9.17, 15) is 14.4 Å². The van der Waals surface area contributed by atoms with Crippen molar-refractivity contribution >= 4 is 12.6 Å². The normalized spacial score (nSPS) is 10.8. The molecule has 0 radical (unpaired) electrons. The van der Waals surface area contributed by atoms with Crippen molar-refractivity contribution in [1.82, 2.24) is 0 Å². The van der Waals surface area contributed by atoms with Gasteiger partial charge in [0.25, 0.3) is 0 Å². The van der Waals surface area contributed by atoms with Crippen LogP contribution in [-0.2, 0) is 6.61 Å². The predicted molar refractivity (Wildman–Crippen MR) is 81.1 cm³/mol. The Morgan fingerprint density at radius 1 is 1.14 bits per heavy atom. The van der Waals surface area contributed by atoms with E-state index in [1.807, 2.05) is 24.3 Å². The smallest absolute Gasteiger partial charge is 0.488 e. The zero-order valence-electron chi connectivity index (χ0n) is 12.1. The van der Waals surface area contributed by atoms with E-state index >= 15 is 0 Å². The number of para-hydroxylation sites is 1. The highest BCUT2D eigenvalue weighted by Gasteiger charge is 2.17. The molecular weight excluding hydrogens is 270 g/mol. The van der Waals surface area contributed by atoms with E-state index in [0.29, 0.717) is 11.5 Å². The molecule has 0 saturated heterocycles. The molecule has 0 heterocycles. The van der Waals surface area contributed by atoms with Crippen molar-refractivity contribution in [1.29, 1.82) is 0 Å². The SMILES string of the molecule is CC(C)c1ccccc1OCc1ccc(F)cc1B(O)O. The minimum atomic E-state index is -1.72. The van der Waals surface area contributed by atoms with Gasteiger partial charge in [-0.05, 0) is 40.7 Å². The summed E-state index contributed by atoms with van der Waals surface area (Å²) < 4.78 is 18.9. The highest BCUT2D eigenvalue weighted by molar-refractivity contribution is 6.59. The van der Waals surface area contributed by atoms with Crippen LogP contribution in [0.25, 0.3) is 0 Å². The maximum Gasteiger partial charge on any atom is 0.488 e. The summed E-state index contributed by atoms with van der Waals surface area (Å²) >= 11 is 0. The van der Waals surface area contributed by atoms with Crippen LogP contribution >= 0.6 is 0 Å². The fraction of sp³-hybridized carbons (Fsp3) is 0.250. The molecule has 2 rings (SSSR count). The summed E-state index contributed by atoms with van der Waals surface area (Å²) in [4.78, 5) is 0. The number of ether oxygens (including phenoxy) is 1. The molecule has 0 aliphatic carbocycles. The third kappa shape index (κ3) is 3.83. The molecule has 0 atom stereocenters. The van der Waals surface area contributed by atoms with Gasteiger partial charge < -0.3 is 14.8 Å². The molecule has 2 aromatic rings. The standard InChI is InChI=1S/C16H18BFO3/c1-11(2)14-5-3-4-6-16(14)21-10-12-7-8-13(18)9-15(12)17(19)20/h3-9,11,19-20H,10H2,1-2H3. The van der Waals surface area contributed by atoms with Gasteiger partial charge in [-0.15, -0.1) is 0 Å². The molecule has 0 aliphatic rings. The van der Waals surface area contributed by atoms with Crippen LogP contribution in [0.2, 0.25) is 0 Å². The highest BCUT2D eigenvalue weighted by atomic mass is 19.1. The van der Waals surface area contributed by atoms with Crippen LogP contribution < -0.4 is 10.2 Å². The first-order valence-corrected chi connectivity index (χ1v) is 6.85. The zero-order valence-corrected chi connectivity index (χ0v) is 12.1. The second-order valence-corrected chi connectivity index (χ2v) is 5.20. The van der Waals surface area contributed by atoms with E-state index in [4.69, 9.17) is 4.74 Å². The number of hydrogen-bond donors (Lipinski definition) is 2. The van der Waals surface area contributed by atoms with Crippen molar-refractivity contribution < 1.29 is 19.2 Å². The lowest BCUT2D eigenvalue weighted by Crippen LogP contribution is -2.34. The molecule has 2 aromatic carbocycles. The van der Waals surface area contributed by atoms with Crippen LogP contribution in [0.1, 0.15) is 30.9 Å². The first kappa shape index (κ1) is 15.5. The Labute approximate surface area is 124 Å². The Bertz CT molecular complexity index is 614. The summed E-state index contributed by atoms with van der Waals surface area (Å²) in [6.45, 7) is 4.29. The molecule has 0 saturated carbocycles. The first-order valence-electron chi connectivity index (χ1n) is 6.85. The number of rotatable bonds is 5. The first-order chi connectivity index (χ1) is 9.99. The summed E-state index contributed by atoms with van der Waals surface area (Å²) in [5.74, 6) is 0.553. The van der Waals surface area contributed by atoms with Gasteiger partial charge in [-0.25, -0.2) is 4.39 Å². The Kier molecular flexibility index (Phi) is 4.99. The van der Waals surface area contributed by atoms with Crippen LogP contribution in [0.4, 0.5) is 4.39 Å². The van der Waals surface area contributed by atoms with Crippen LogP contribution in [0, 0.1) is 5.82 Å². The van der Waals surface area contributed by atoms with Crippen molar-refractivity contribution in [3.05, 3.63) is 59.4 Å². The van der Waals surface area contributed by atoms with Crippen LogP contribution in [0.3, 0.4) is 0 Å². The molecule has 0 spiro atoms. The molecule has 0 amide bonds. The Morgan fingerprint density at radius 3 is 2.52 bits per heavy atom. The molecule has 0 fully saturated rings. The fourth-order valence-electron chi connectivity index (χ4n) is 2.18. The summed E-state index contributed by atoms with van der Waals surface area (Å²) in [6, 6.07) is 11.6. The molecule has 0 aliphatic heterocycles. The van der Waals surface area contributed by atoms with Crippen LogP contribution in [0.15, 0.2) is 42.5 Å². The third-order valence-corrected chi connectivity index (χ3v) is 3.31. The quantitative estimate of drug-likeness (QED) is 0.829. The molecule has 0 bridgehead atoms. The molecule has 0 unspecified atom stereocenters. The molecule has 110 valence electrons. The maximum atomic E-state index is 13.2. The summed E-state index contributed by atoms with van der Waals surface area (Å²) in [6.07, 6.45) is 0. The predicted octanol–water partition coefficient (Wildman–Crippen LogP) is 2.21. The number of halogens is 1. The van der Waals surface area contributed by atoms with Crippen molar-refractivity contribution in [2.45, 2.75) is 26.4 Å². The summed E-state index contributed by atoms with van der Waals surface area (Å²) in [5, 5.41) is 18.6. The fourth-order valence-corrected chi connectivity index (χ4v) is 2.18. The zero-order chi connectivity index (χ0) is 15.4. The topological polar surface area (TPSA) is 49.7 Å². The third-order valence-electron chi connectivity index (χ3n) is 3.31. The van der Waals surface area contributed by atoms with Crippen LogP contribution in [-0.4, -0.2) is 17.2 Å². The van der Waals surface area contributed by atoms with E-state index < -0.39 is 12.9 Å². The van der Waals surface area contributed by atoms with E-state index in [2.05, 4.69) is 13.8 Å². The van der Waals surface area contributed by atoms with E-state index in [0.717, 1.165) is 17.4 Å². The Hall–Kier alpha value is -1.85. The minimum Gasteiger partial charge on any atom is -0.489 e. The second-order valence-electron chi connectivity index (χ2n) is 5.20. The lowest BCUT2D eigenvalue weighted by Gasteiger charge is -2.15. The van der Waals surface area contributed by atoms with E-state index in [-0.39, 0.29) is 12.1 Å². The minimum absolute atomic E-state index is 0.122. The number of hydrogen-bond acceptors (Lipinski definition) is 3. The lowest BCUT2D eigenvalue weighted by atomic mass is 9.77. The number of benzene rings is 2. The lowest BCUT2D eigenvalue weighted by molar-refractivity contribution is 0.302. The second kappa shape index (κ2) is 6.74. The van der Waals surface area contributed by atoms with Gasteiger partial charge in [0.15, 0.2) is 0 Å². The van der Waals surface area contributed by atoms with Crippen LogP contribution in [0.5, 0.6) is 5.75 Å². The van der Waals surface area contributed by atoms with Gasteiger partial charge in [0, 0.05) is 0 Å². The van der Waals surface area contributed by atoms with E-state index in [1.54, 1.807) is 0 Å². The van der Waals surface area contributed by atoms with Gasteiger partial charge in [0.05, 0.1) is 0 Å². The monoisotopic (exact) mass is 288 g/mol. The van der Waals surface area contributed by atoms with Crippen molar-refractivity contribution in [2.24, 2.45) is 0 Å². The molecule has 3 nitrogen and oxygen atoms in total. The molecule has 0 aromatic heterocycles. The molecule has 2 N–H and O–H groups in total. The van der Waals surface area contributed by atoms with Gasteiger partial charge in [0.1, 0.15) is 18.2 Å². The molecular formula is C16H18BFO3. The Morgan fingerprint density at radius 2 is 1.86 bits per heavy atom. The van der Waals surface area contributed by atoms with Gasteiger partial charge in [-0.3, -0.25) is 0 Å². The van der Waals surface area contributed by atoms with Crippen molar-refractivity contribution in [2.75, 3.05) is 0 Å². The molecule has 21 heavy (non-hydrogen) atoms. The summed E-state index contributed by atoms with van der Waals surface area (Å²) in [7, 11) is -1.72. The van der Waals surface area contributed by atoms with Gasteiger partial charge in [-0.2, -0.15) is 0 Å². The van der Waals surface area contributed by atoms with Gasteiger partial charge in [0.2, 0.25) is 0 Å².